The van der Waals surface area contributed by atoms with Crippen molar-refractivity contribution in [3.63, 3.8) is 0 Å². The van der Waals surface area contributed by atoms with Crippen molar-refractivity contribution in [2.75, 3.05) is 0 Å². The quantitative estimate of drug-likeness (QED) is 0.438. The molecule has 0 amide bonds. The number of hydrogen-bond donors (Lipinski definition) is 0. The fraction of sp³-hybridized carbons (Fsp3) is 0.167. The average Bonchev–Trinajstić information content (AvgIpc) is 3.02. The molecule has 1 heterocycles. The van der Waals surface area contributed by atoms with E-state index in [1.807, 2.05) is 49.4 Å². The first-order valence-electron chi connectivity index (χ1n) is 7.44. The topological polar surface area (TPSA) is 56.0 Å². The van der Waals surface area contributed by atoms with Crippen molar-refractivity contribution in [1.29, 1.82) is 0 Å². The van der Waals surface area contributed by atoms with Gasteiger partial charge in [-0.15, -0.1) is 10.2 Å². The zero-order valence-corrected chi connectivity index (χ0v) is 15.4. The van der Waals surface area contributed by atoms with Gasteiger partial charge in [-0.05, 0) is 24.6 Å². The Morgan fingerprint density at radius 3 is 2.54 bits per heavy atom. The minimum Gasteiger partial charge on any atom is -0.416 e. The van der Waals surface area contributed by atoms with Crippen LogP contribution in [0.5, 0.6) is 0 Å². The molecule has 24 heavy (non-hydrogen) atoms. The lowest BCUT2D eigenvalue weighted by Crippen LogP contribution is -2.13. The molecule has 2 aromatic carbocycles. The molecule has 1 atom stereocenters. The Morgan fingerprint density at radius 1 is 1.12 bits per heavy atom. The first kappa shape index (κ1) is 16.9. The summed E-state index contributed by atoms with van der Waals surface area (Å²) in [6.07, 6.45) is 0.587. The molecular weight excluding hydrogens is 388 g/mol. The van der Waals surface area contributed by atoms with Crippen molar-refractivity contribution in [2.45, 2.75) is 23.8 Å². The van der Waals surface area contributed by atoms with Gasteiger partial charge in [0.2, 0.25) is 5.89 Å². The molecule has 0 spiro atoms. The Bertz CT molecular complexity index is 819. The van der Waals surface area contributed by atoms with Crippen LogP contribution >= 0.6 is 27.7 Å². The molecule has 3 rings (SSSR count). The van der Waals surface area contributed by atoms with Gasteiger partial charge in [0.05, 0.1) is 11.7 Å². The van der Waals surface area contributed by atoms with Crippen molar-refractivity contribution in [2.24, 2.45) is 0 Å². The molecule has 0 radical (unpaired) electrons. The van der Waals surface area contributed by atoms with Gasteiger partial charge in [-0.3, -0.25) is 4.79 Å². The molecule has 0 fully saturated rings. The Balaban J connectivity index is 1.63. The van der Waals surface area contributed by atoms with E-state index >= 15 is 0 Å². The maximum absolute atomic E-state index is 12.4. The molecule has 0 N–H and O–H groups in total. The fourth-order valence-corrected chi connectivity index (χ4v) is 3.22. The minimum atomic E-state index is -0.295. The number of aromatic nitrogens is 2. The number of hydrogen-bond acceptors (Lipinski definition) is 5. The van der Waals surface area contributed by atoms with E-state index in [1.165, 1.54) is 11.8 Å². The normalized spacial score (nSPS) is 12.1. The maximum Gasteiger partial charge on any atom is 0.277 e. The molecule has 0 unspecified atom stereocenters. The Kier molecular flexibility index (Phi) is 5.48. The molecule has 0 bridgehead atoms. The van der Waals surface area contributed by atoms with E-state index in [1.54, 1.807) is 12.1 Å². The highest BCUT2D eigenvalue weighted by Gasteiger charge is 2.19. The largest absolute Gasteiger partial charge is 0.416 e. The van der Waals surface area contributed by atoms with E-state index < -0.39 is 0 Å². The van der Waals surface area contributed by atoms with Crippen LogP contribution < -0.4 is 0 Å². The van der Waals surface area contributed by atoms with Gasteiger partial charge in [0.25, 0.3) is 5.22 Å². The van der Waals surface area contributed by atoms with Crippen LogP contribution in [-0.2, 0) is 6.42 Å². The predicted octanol–water partition coefficient (Wildman–Crippen LogP) is 4.79. The third-order valence-electron chi connectivity index (χ3n) is 3.42. The van der Waals surface area contributed by atoms with Crippen LogP contribution in [0.3, 0.4) is 0 Å². The third-order valence-corrected chi connectivity index (χ3v) is 4.88. The summed E-state index contributed by atoms with van der Waals surface area (Å²) in [4.78, 5) is 12.4. The lowest BCUT2D eigenvalue weighted by molar-refractivity contribution is 0.0993. The summed E-state index contributed by atoms with van der Waals surface area (Å²) in [7, 11) is 0. The standard InChI is InChI=1S/C18H15BrN2O2S/c1-12(17(22)14-7-9-15(19)10-8-14)24-18-21-20-16(23-18)11-13-5-3-2-4-6-13/h2-10,12H,11H2,1H3/t12-/m0/s1. The number of rotatable bonds is 6. The number of carbonyl (C=O) groups excluding carboxylic acids is 1. The van der Waals surface area contributed by atoms with E-state index in [0.29, 0.717) is 23.1 Å². The average molecular weight is 403 g/mol. The van der Waals surface area contributed by atoms with Gasteiger partial charge in [-0.2, -0.15) is 0 Å². The summed E-state index contributed by atoms with van der Waals surface area (Å²) >= 11 is 4.65. The van der Waals surface area contributed by atoms with Gasteiger partial charge in [0.15, 0.2) is 5.78 Å². The SMILES string of the molecule is C[C@H](Sc1nnc(Cc2ccccc2)o1)C(=O)c1ccc(Br)cc1. The highest BCUT2D eigenvalue weighted by Crippen LogP contribution is 2.25. The van der Waals surface area contributed by atoms with E-state index in [0.717, 1.165) is 10.0 Å². The highest BCUT2D eigenvalue weighted by atomic mass is 79.9. The summed E-state index contributed by atoms with van der Waals surface area (Å²) in [5.74, 6) is 0.585. The predicted molar refractivity (Wildman–Crippen MR) is 97.3 cm³/mol. The highest BCUT2D eigenvalue weighted by molar-refractivity contribution is 9.10. The van der Waals surface area contributed by atoms with Crippen LogP contribution in [-0.4, -0.2) is 21.2 Å². The van der Waals surface area contributed by atoms with E-state index in [9.17, 15) is 4.79 Å². The van der Waals surface area contributed by atoms with Crippen molar-refractivity contribution in [3.05, 3.63) is 76.1 Å². The molecule has 4 nitrogen and oxygen atoms in total. The molecule has 0 aliphatic rings. The smallest absolute Gasteiger partial charge is 0.277 e. The molecule has 6 heteroatoms. The number of Topliss-reactive ketones (excluding diaryl/α,β-unsaturated/α-hetero) is 1. The van der Waals surface area contributed by atoms with Gasteiger partial charge in [0, 0.05) is 10.0 Å². The number of benzene rings is 2. The minimum absolute atomic E-state index is 0.0373. The monoisotopic (exact) mass is 402 g/mol. The van der Waals surface area contributed by atoms with Crippen molar-refractivity contribution in [3.8, 4) is 0 Å². The van der Waals surface area contributed by atoms with Crippen LogP contribution in [0.25, 0.3) is 0 Å². The Hall–Kier alpha value is -1.92. The van der Waals surface area contributed by atoms with E-state index in [-0.39, 0.29) is 11.0 Å². The summed E-state index contributed by atoms with van der Waals surface area (Å²) in [5.41, 5.74) is 1.78. The van der Waals surface area contributed by atoms with Crippen molar-refractivity contribution >= 4 is 33.5 Å². The second-order valence-corrected chi connectivity index (χ2v) is 7.46. The molecule has 0 saturated carbocycles. The fourth-order valence-electron chi connectivity index (χ4n) is 2.18. The van der Waals surface area contributed by atoms with Crippen molar-refractivity contribution in [1.82, 2.24) is 10.2 Å². The summed E-state index contributed by atoms with van der Waals surface area (Å²) in [5, 5.41) is 8.20. The second-order valence-electron chi connectivity index (χ2n) is 5.26. The molecule has 1 aromatic heterocycles. The molecule has 0 saturated heterocycles. The van der Waals surface area contributed by atoms with E-state index in [4.69, 9.17) is 4.42 Å². The molecule has 0 aliphatic carbocycles. The van der Waals surface area contributed by atoms with Crippen LogP contribution in [0.2, 0.25) is 0 Å². The molecule has 122 valence electrons. The first-order valence-corrected chi connectivity index (χ1v) is 9.12. The summed E-state index contributed by atoms with van der Waals surface area (Å²) < 4.78 is 6.59. The molecule has 0 aliphatic heterocycles. The lowest BCUT2D eigenvalue weighted by Gasteiger charge is -2.07. The van der Waals surface area contributed by atoms with Crippen LogP contribution in [0.1, 0.15) is 28.7 Å². The zero-order chi connectivity index (χ0) is 16.9. The third kappa shape index (κ3) is 4.33. The summed E-state index contributed by atoms with van der Waals surface area (Å²) in [6.45, 7) is 1.84. The van der Waals surface area contributed by atoms with Gasteiger partial charge < -0.3 is 4.42 Å². The van der Waals surface area contributed by atoms with Gasteiger partial charge in [0.1, 0.15) is 0 Å². The van der Waals surface area contributed by atoms with Crippen molar-refractivity contribution < 1.29 is 9.21 Å². The second kappa shape index (κ2) is 7.77. The zero-order valence-electron chi connectivity index (χ0n) is 13.0. The Morgan fingerprint density at radius 2 is 1.83 bits per heavy atom. The van der Waals surface area contributed by atoms with Gasteiger partial charge >= 0.3 is 0 Å². The first-order chi connectivity index (χ1) is 11.6. The summed E-state index contributed by atoms with van der Waals surface area (Å²) in [6, 6.07) is 17.3. The van der Waals surface area contributed by atoms with Crippen LogP contribution in [0.4, 0.5) is 0 Å². The van der Waals surface area contributed by atoms with E-state index in [2.05, 4.69) is 26.1 Å². The number of halogens is 1. The van der Waals surface area contributed by atoms with Gasteiger partial charge in [-0.25, -0.2) is 0 Å². The molecular formula is C18H15BrN2O2S. The Labute approximate surface area is 152 Å². The number of ketones is 1. The number of thioether (sulfide) groups is 1. The lowest BCUT2D eigenvalue weighted by atomic mass is 10.1. The maximum atomic E-state index is 12.4. The van der Waals surface area contributed by atoms with Crippen LogP contribution in [0, 0.1) is 0 Å². The molecule has 3 aromatic rings. The number of nitrogens with zero attached hydrogens (tertiary/aromatic N) is 2. The van der Waals surface area contributed by atoms with Gasteiger partial charge in [-0.1, -0.05) is 70.2 Å². The number of carbonyl (C=O) groups is 1. The van der Waals surface area contributed by atoms with Crippen LogP contribution in [0.15, 0.2) is 68.7 Å².